The lowest BCUT2D eigenvalue weighted by Gasteiger charge is -2.26. The van der Waals surface area contributed by atoms with E-state index in [1.54, 1.807) is 0 Å². The molecule has 0 saturated carbocycles. The summed E-state index contributed by atoms with van der Waals surface area (Å²) in [5, 5.41) is 2.63. The van der Waals surface area contributed by atoms with Crippen LogP contribution in [0.5, 0.6) is 0 Å². The zero-order valence-corrected chi connectivity index (χ0v) is 31.5. The summed E-state index contributed by atoms with van der Waals surface area (Å²) in [6.07, 6.45) is 0. The molecule has 1 heterocycles. The van der Waals surface area contributed by atoms with Crippen LogP contribution in [0, 0.1) is 0 Å². The van der Waals surface area contributed by atoms with Crippen LogP contribution in [0.4, 0.5) is 17.1 Å². The minimum Gasteiger partial charge on any atom is -0.311 e. The summed E-state index contributed by atoms with van der Waals surface area (Å²) in [4.78, 5) is 2.35. The Morgan fingerprint density at radius 2 is 0.571 bits per heavy atom. The van der Waals surface area contributed by atoms with Gasteiger partial charge in [-0.1, -0.05) is 152 Å². The number of benzene rings is 9. The second-order valence-electron chi connectivity index (χ2n) is 14.2. The van der Waals surface area contributed by atoms with Crippen molar-refractivity contribution in [3.63, 3.8) is 0 Å². The Balaban J connectivity index is 1.05. The van der Waals surface area contributed by atoms with E-state index < -0.39 is 0 Å². The third kappa shape index (κ3) is 6.57. The lowest BCUT2D eigenvalue weighted by Crippen LogP contribution is -2.09. The fourth-order valence-electron chi connectivity index (χ4n) is 7.78. The smallest absolute Gasteiger partial charge is 0.0462 e. The number of hydrogen-bond donors (Lipinski definition) is 0. The van der Waals surface area contributed by atoms with Gasteiger partial charge in [0, 0.05) is 37.2 Å². The van der Waals surface area contributed by atoms with E-state index in [0.717, 1.165) is 17.1 Å². The van der Waals surface area contributed by atoms with Crippen molar-refractivity contribution < 1.29 is 0 Å². The third-order valence-electron chi connectivity index (χ3n) is 10.7. The predicted octanol–water partition coefficient (Wildman–Crippen LogP) is 15.9. The Morgan fingerprint density at radius 3 is 1.05 bits per heavy atom. The minimum absolute atomic E-state index is 1.10. The van der Waals surface area contributed by atoms with E-state index in [0.29, 0.717) is 0 Å². The summed E-state index contributed by atoms with van der Waals surface area (Å²) in [6, 6.07) is 81.3. The summed E-state index contributed by atoms with van der Waals surface area (Å²) in [5.41, 5.74) is 15.3. The Bertz CT molecular complexity index is 2830. The van der Waals surface area contributed by atoms with E-state index in [-0.39, 0.29) is 0 Å². The van der Waals surface area contributed by atoms with E-state index >= 15 is 0 Å². The van der Waals surface area contributed by atoms with Gasteiger partial charge in [-0.05, 0) is 128 Å². The molecule has 0 fully saturated rings. The van der Waals surface area contributed by atoms with Crippen LogP contribution in [0.25, 0.3) is 75.8 Å². The first-order valence-corrected chi connectivity index (χ1v) is 19.9. The molecule has 1 nitrogen and oxygen atoms in total. The topological polar surface area (TPSA) is 3.24 Å². The van der Waals surface area contributed by atoms with Crippen LogP contribution in [0.15, 0.2) is 224 Å². The quantitative estimate of drug-likeness (QED) is 0.150. The Morgan fingerprint density at radius 1 is 0.232 bits per heavy atom. The van der Waals surface area contributed by atoms with Crippen molar-refractivity contribution in [2.75, 3.05) is 4.90 Å². The zero-order valence-electron chi connectivity index (χ0n) is 30.7. The second-order valence-corrected chi connectivity index (χ2v) is 15.3. The summed E-state index contributed by atoms with van der Waals surface area (Å²) in [5.74, 6) is 0. The molecule has 0 amide bonds. The molecule has 1 aromatic heterocycles. The lowest BCUT2D eigenvalue weighted by atomic mass is 9.92. The number of hydrogen-bond acceptors (Lipinski definition) is 2. The normalized spacial score (nSPS) is 11.2. The molecule has 0 bridgehead atoms. The van der Waals surface area contributed by atoms with Gasteiger partial charge in [0.15, 0.2) is 0 Å². The lowest BCUT2D eigenvalue weighted by molar-refractivity contribution is 1.28. The van der Waals surface area contributed by atoms with E-state index in [1.165, 1.54) is 75.8 Å². The maximum absolute atomic E-state index is 2.37. The number of fused-ring (bicyclic) bond motifs is 3. The summed E-state index contributed by atoms with van der Waals surface area (Å²) in [6.45, 7) is 0. The molecule has 0 N–H and O–H groups in total. The molecular weight excluding hydrogens is 695 g/mol. The van der Waals surface area contributed by atoms with Crippen molar-refractivity contribution in [1.82, 2.24) is 0 Å². The van der Waals surface area contributed by atoms with Crippen molar-refractivity contribution in [3.8, 4) is 55.6 Å². The fourth-order valence-corrected chi connectivity index (χ4v) is 8.87. The van der Waals surface area contributed by atoms with Crippen LogP contribution in [0.3, 0.4) is 0 Å². The highest BCUT2D eigenvalue weighted by molar-refractivity contribution is 7.25. The SMILES string of the molecule is c1ccc(-c2ccc(N(c3ccc(-c4ccccc4)cc3)c3ccc(-c4cc(-c5ccccc5)cc(-c5ccc6sc7ccccc7c6c5)c4)cc3)cc2)cc1. The molecule has 56 heavy (non-hydrogen) atoms. The number of anilines is 3. The van der Waals surface area contributed by atoms with Gasteiger partial charge < -0.3 is 4.90 Å². The molecule has 0 saturated heterocycles. The van der Waals surface area contributed by atoms with Crippen molar-refractivity contribution in [3.05, 3.63) is 224 Å². The molecule has 0 aliphatic rings. The predicted molar refractivity (Wildman–Crippen MR) is 241 cm³/mol. The number of nitrogens with zero attached hydrogens (tertiary/aromatic N) is 1. The molecule has 0 unspecified atom stereocenters. The van der Waals surface area contributed by atoms with Gasteiger partial charge in [0.25, 0.3) is 0 Å². The van der Waals surface area contributed by atoms with Crippen LogP contribution in [-0.2, 0) is 0 Å². The first-order chi connectivity index (χ1) is 27.7. The van der Waals surface area contributed by atoms with E-state index in [1.807, 2.05) is 11.3 Å². The van der Waals surface area contributed by atoms with Gasteiger partial charge in [-0.3, -0.25) is 0 Å². The standard InChI is InChI=1S/C54H37NS/c1-4-12-38(13-5-1)41-20-27-48(28-21-41)55(49-29-22-42(23-30-49)39-14-6-2-7-15-39)50-31-24-43(25-32-50)46-34-45(40-16-8-3-9-17-40)35-47(36-46)44-26-33-54-52(37-44)51-18-10-11-19-53(51)56-54/h1-37H. The van der Waals surface area contributed by atoms with Crippen LogP contribution >= 0.6 is 11.3 Å². The maximum Gasteiger partial charge on any atom is 0.0462 e. The monoisotopic (exact) mass is 731 g/mol. The van der Waals surface area contributed by atoms with E-state index in [4.69, 9.17) is 0 Å². The van der Waals surface area contributed by atoms with E-state index in [2.05, 4.69) is 229 Å². The van der Waals surface area contributed by atoms with Gasteiger partial charge >= 0.3 is 0 Å². The molecule has 2 heteroatoms. The number of thiophene rings is 1. The minimum atomic E-state index is 1.10. The summed E-state index contributed by atoms with van der Waals surface area (Å²) >= 11 is 1.86. The van der Waals surface area contributed by atoms with E-state index in [9.17, 15) is 0 Å². The van der Waals surface area contributed by atoms with Gasteiger partial charge in [0.1, 0.15) is 0 Å². The Kier molecular flexibility index (Phi) is 8.79. The molecule has 0 aliphatic carbocycles. The molecule has 0 aliphatic heterocycles. The highest BCUT2D eigenvalue weighted by Crippen LogP contribution is 2.41. The summed E-state index contributed by atoms with van der Waals surface area (Å²) < 4.78 is 2.64. The highest BCUT2D eigenvalue weighted by atomic mass is 32.1. The van der Waals surface area contributed by atoms with Gasteiger partial charge in [-0.25, -0.2) is 0 Å². The van der Waals surface area contributed by atoms with Crippen LogP contribution in [-0.4, -0.2) is 0 Å². The molecular formula is C54H37NS. The average molecular weight is 732 g/mol. The average Bonchev–Trinajstić information content (AvgIpc) is 3.66. The van der Waals surface area contributed by atoms with Crippen LogP contribution in [0.2, 0.25) is 0 Å². The molecule has 0 atom stereocenters. The van der Waals surface area contributed by atoms with Gasteiger partial charge in [0.2, 0.25) is 0 Å². The molecule has 0 spiro atoms. The van der Waals surface area contributed by atoms with Gasteiger partial charge in [-0.2, -0.15) is 0 Å². The molecule has 264 valence electrons. The highest BCUT2D eigenvalue weighted by Gasteiger charge is 2.15. The maximum atomic E-state index is 2.37. The first kappa shape index (κ1) is 33.6. The van der Waals surface area contributed by atoms with Gasteiger partial charge in [-0.15, -0.1) is 11.3 Å². The van der Waals surface area contributed by atoms with Crippen molar-refractivity contribution in [2.45, 2.75) is 0 Å². The van der Waals surface area contributed by atoms with Crippen molar-refractivity contribution in [2.24, 2.45) is 0 Å². The Labute approximate surface area is 332 Å². The van der Waals surface area contributed by atoms with Crippen LogP contribution < -0.4 is 4.90 Å². The first-order valence-electron chi connectivity index (χ1n) is 19.1. The zero-order chi connectivity index (χ0) is 37.3. The molecule has 10 aromatic rings. The molecule has 0 radical (unpaired) electrons. The second kappa shape index (κ2) is 14.7. The Hall–Kier alpha value is -7.00. The van der Waals surface area contributed by atoms with Crippen LogP contribution in [0.1, 0.15) is 0 Å². The largest absolute Gasteiger partial charge is 0.311 e. The third-order valence-corrected chi connectivity index (χ3v) is 11.8. The summed E-state index contributed by atoms with van der Waals surface area (Å²) in [7, 11) is 0. The molecule has 10 rings (SSSR count). The van der Waals surface area contributed by atoms with Crippen molar-refractivity contribution >= 4 is 48.6 Å². The van der Waals surface area contributed by atoms with Gasteiger partial charge in [0.05, 0.1) is 0 Å². The fraction of sp³-hybridized carbons (Fsp3) is 0. The molecule has 9 aromatic carbocycles. The number of rotatable bonds is 8. The van der Waals surface area contributed by atoms with Crippen molar-refractivity contribution in [1.29, 1.82) is 0 Å².